The number of nitrogens with one attached hydrogen (secondary N) is 1. The van der Waals surface area contributed by atoms with Gasteiger partial charge in [-0.2, -0.15) is 0 Å². The minimum atomic E-state index is 0.847. The zero-order chi connectivity index (χ0) is 10.7. The van der Waals surface area contributed by atoms with Gasteiger partial charge >= 0.3 is 0 Å². The molecule has 0 spiro atoms. The molecule has 15 heavy (non-hydrogen) atoms. The van der Waals surface area contributed by atoms with E-state index in [0.717, 1.165) is 23.9 Å². The van der Waals surface area contributed by atoms with Crippen LogP contribution in [0.3, 0.4) is 0 Å². The maximum absolute atomic E-state index is 3.90. The molecule has 0 aromatic rings. The molecule has 0 aromatic carbocycles. The van der Waals surface area contributed by atoms with Gasteiger partial charge in [-0.3, -0.25) is 0 Å². The summed E-state index contributed by atoms with van der Waals surface area (Å²) in [6.07, 6.45) is 11.5. The summed E-state index contributed by atoms with van der Waals surface area (Å²) in [5, 5.41) is 3.90. The van der Waals surface area contributed by atoms with Crippen molar-refractivity contribution in [1.82, 2.24) is 5.32 Å². The molecule has 0 saturated heterocycles. The maximum atomic E-state index is 3.90. The Morgan fingerprint density at radius 2 is 0.933 bits per heavy atom. The molecule has 0 aliphatic heterocycles. The molecule has 2 aliphatic carbocycles. The molecule has 2 fully saturated rings. The Balaban J connectivity index is 1.68. The second kappa shape index (κ2) is 5.34. The van der Waals surface area contributed by atoms with Gasteiger partial charge in [-0.25, -0.2) is 0 Å². The largest absolute Gasteiger partial charge is 0.311 e. The molecule has 1 N–H and O–H groups in total. The van der Waals surface area contributed by atoms with E-state index >= 15 is 0 Å². The van der Waals surface area contributed by atoms with E-state index in [2.05, 4.69) is 19.2 Å². The van der Waals surface area contributed by atoms with Gasteiger partial charge in [-0.15, -0.1) is 0 Å². The third kappa shape index (κ3) is 3.48. The third-order valence-corrected chi connectivity index (χ3v) is 4.50. The van der Waals surface area contributed by atoms with Gasteiger partial charge in [0.1, 0.15) is 0 Å². The van der Waals surface area contributed by atoms with Crippen LogP contribution in [-0.4, -0.2) is 12.1 Å². The van der Waals surface area contributed by atoms with Crippen LogP contribution in [0.25, 0.3) is 0 Å². The predicted molar refractivity (Wildman–Crippen MR) is 66.0 cm³/mol. The summed E-state index contributed by atoms with van der Waals surface area (Å²) in [6, 6.07) is 1.69. The molecule has 1 heteroatoms. The fourth-order valence-electron chi connectivity index (χ4n) is 3.19. The Hall–Kier alpha value is -0.0400. The van der Waals surface area contributed by atoms with Gasteiger partial charge in [0.2, 0.25) is 0 Å². The van der Waals surface area contributed by atoms with E-state index in [9.17, 15) is 0 Å². The van der Waals surface area contributed by atoms with Crippen LogP contribution in [0.15, 0.2) is 0 Å². The lowest BCUT2D eigenvalue weighted by Gasteiger charge is -2.34. The molecular weight excluding hydrogens is 182 g/mol. The van der Waals surface area contributed by atoms with E-state index in [4.69, 9.17) is 0 Å². The minimum absolute atomic E-state index is 0.847. The lowest BCUT2D eigenvalue weighted by atomic mass is 9.84. The smallest absolute Gasteiger partial charge is 0.00698 e. The number of rotatable bonds is 2. The first-order valence-electron chi connectivity index (χ1n) is 7.00. The van der Waals surface area contributed by atoms with Crippen LogP contribution in [0.2, 0.25) is 0 Å². The zero-order valence-electron chi connectivity index (χ0n) is 10.5. The Labute approximate surface area is 95.0 Å². The van der Waals surface area contributed by atoms with Crippen LogP contribution in [0, 0.1) is 11.8 Å². The minimum Gasteiger partial charge on any atom is -0.311 e. The van der Waals surface area contributed by atoms with Crippen molar-refractivity contribution in [3.8, 4) is 0 Å². The molecule has 2 rings (SSSR count). The van der Waals surface area contributed by atoms with Crippen molar-refractivity contribution in [3.05, 3.63) is 0 Å². The van der Waals surface area contributed by atoms with E-state index in [1.54, 1.807) is 0 Å². The van der Waals surface area contributed by atoms with Crippen molar-refractivity contribution in [1.29, 1.82) is 0 Å². The van der Waals surface area contributed by atoms with E-state index in [1.807, 2.05) is 0 Å². The van der Waals surface area contributed by atoms with Crippen LogP contribution in [0.1, 0.15) is 65.2 Å². The Morgan fingerprint density at radius 1 is 0.600 bits per heavy atom. The van der Waals surface area contributed by atoms with Crippen molar-refractivity contribution in [2.24, 2.45) is 11.8 Å². The molecule has 0 aromatic heterocycles. The first-order valence-corrected chi connectivity index (χ1v) is 7.00. The fourth-order valence-corrected chi connectivity index (χ4v) is 3.19. The maximum Gasteiger partial charge on any atom is 0.00698 e. The van der Waals surface area contributed by atoms with Crippen LogP contribution in [-0.2, 0) is 0 Å². The molecule has 88 valence electrons. The lowest BCUT2D eigenvalue weighted by molar-refractivity contribution is 0.241. The Bertz CT molecular complexity index is 154. The third-order valence-electron chi connectivity index (χ3n) is 4.50. The van der Waals surface area contributed by atoms with E-state index < -0.39 is 0 Å². The lowest BCUT2D eigenvalue weighted by Crippen LogP contribution is -2.41. The molecule has 0 unspecified atom stereocenters. The van der Waals surface area contributed by atoms with Crippen molar-refractivity contribution < 1.29 is 0 Å². The van der Waals surface area contributed by atoms with Crippen molar-refractivity contribution in [2.75, 3.05) is 0 Å². The SMILES string of the molecule is CC1CCC(NC2CCC(C)CC2)CC1. The van der Waals surface area contributed by atoms with E-state index in [0.29, 0.717) is 0 Å². The molecule has 0 atom stereocenters. The number of hydrogen-bond donors (Lipinski definition) is 1. The first kappa shape index (κ1) is 11.4. The fraction of sp³-hybridized carbons (Fsp3) is 1.00. The summed E-state index contributed by atoms with van der Waals surface area (Å²) < 4.78 is 0. The van der Waals surface area contributed by atoms with Gasteiger partial charge in [0.25, 0.3) is 0 Å². The summed E-state index contributed by atoms with van der Waals surface area (Å²) in [5.74, 6) is 1.96. The summed E-state index contributed by atoms with van der Waals surface area (Å²) in [6.45, 7) is 4.80. The zero-order valence-corrected chi connectivity index (χ0v) is 10.5. The van der Waals surface area contributed by atoms with Crippen LogP contribution >= 0.6 is 0 Å². The summed E-state index contributed by atoms with van der Waals surface area (Å²) >= 11 is 0. The Kier molecular flexibility index (Phi) is 4.07. The molecular formula is C14H27N. The summed E-state index contributed by atoms with van der Waals surface area (Å²) in [5.41, 5.74) is 0. The average molecular weight is 209 g/mol. The van der Waals surface area contributed by atoms with E-state index in [-0.39, 0.29) is 0 Å². The molecule has 2 saturated carbocycles. The van der Waals surface area contributed by atoms with E-state index in [1.165, 1.54) is 51.4 Å². The highest BCUT2D eigenvalue weighted by Gasteiger charge is 2.23. The molecule has 1 nitrogen and oxygen atoms in total. The van der Waals surface area contributed by atoms with Crippen LogP contribution in [0.4, 0.5) is 0 Å². The van der Waals surface area contributed by atoms with Gasteiger partial charge < -0.3 is 5.32 Å². The summed E-state index contributed by atoms with van der Waals surface area (Å²) in [7, 11) is 0. The van der Waals surface area contributed by atoms with Crippen LogP contribution < -0.4 is 5.32 Å². The second-order valence-corrected chi connectivity index (χ2v) is 6.08. The average Bonchev–Trinajstić information content (AvgIpc) is 2.25. The topological polar surface area (TPSA) is 12.0 Å². The second-order valence-electron chi connectivity index (χ2n) is 6.08. The quantitative estimate of drug-likeness (QED) is 0.730. The predicted octanol–water partition coefficient (Wildman–Crippen LogP) is 3.73. The molecule has 0 radical (unpaired) electrons. The van der Waals surface area contributed by atoms with Crippen molar-refractivity contribution in [3.63, 3.8) is 0 Å². The van der Waals surface area contributed by atoms with Crippen molar-refractivity contribution in [2.45, 2.75) is 77.3 Å². The van der Waals surface area contributed by atoms with Gasteiger partial charge in [0.05, 0.1) is 0 Å². The normalized spacial score (nSPS) is 42.8. The van der Waals surface area contributed by atoms with Gasteiger partial charge in [-0.05, 0) is 63.2 Å². The van der Waals surface area contributed by atoms with Crippen molar-refractivity contribution >= 4 is 0 Å². The highest BCUT2D eigenvalue weighted by Crippen LogP contribution is 2.27. The standard InChI is InChI=1S/C14H27N/c1-11-3-7-13(8-4-11)15-14-9-5-12(2)6-10-14/h11-15H,3-10H2,1-2H3. The van der Waals surface area contributed by atoms with Crippen LogP contribution in [0.5, 0.6) is 0 Å². The highest BCUT2D eigenvalue weighted by molar-refractivity contribution is 4.82. The highest BCUT2D eigenvalue weighted by atomic mass is 15.0. The molecule has 0 bridgehead atoms. The Morgan fingerprint density at radius 3 is 1.27 bits per heavy atom. The molecule has 0 amide bonds. The molecule has 0 heterocycles. The molecule has 2 aliphatic rings. The van der Waals surface area contributed by atoms with Gasteiger partial charge in [0, 0.05) is 12.1 Å². The monoisotopic (exact) mass is 209 g/mol. The first-order chi connectivity index (χ1) is 7.24. The van der Waals surface area contributed by atoms with Gasteiger partial charge in [-0.1, -0.05) is 13.8 Å². The summed E-state index contributed by atoms with van der Waals surface area (Å²) in [4.78, 5) is 0. The van der Waals surface area contributed by atoms with Gasteiger partial charge in [0.15, 0.2) is 0 Å². The number of hydrogen-bond acceptors (Lipinski definition) is 1.